The molecule has 0 spiro atoms. The molecule has 2 rings (SSSR count). The predicted molar refractivity (Wildman–Crippen MR) is 66.6 cm³/mol. The summed E-state index contributed by atoms with van der Waals surface area (Å²) in [6.07, 6.45) is 2.74. The van der Waals surface area contributed by atoms with E-state index < -0.39 is 5.97 Å². The maximum absolute atomic E-state index is 10.6. The lowest BCUT2D eigenvalue weighted by atomic mass is 10.1. The highest BCUT2D eigenvalue weighted by Gasteiger charge is 2.09. The number of para-hydroxylation sites is 1. The summed E-state index contributed by atoms with van der Waals surface area (Å²) in [5.74, 6) is -0.757. The first-order valence-corrected chi connectivity index (χ1v) is 5.83. The minimum absolute atomic E-state index is 0.172. The van der Waals surface area contributed by atoms with Gasteiger partial charge in [0.1, 0.15) is 0 Å². The number of aliphatic carboxylic acids is 1. The Kier molecular flexibility index (Phi) is 3.01. The summed E-state index contributed by atoms with van der Waals surface area (Å²) in [4.78, 5) is 10.6. The van der Waals surface area contributed by atoms with Crippen LogP contribution in [0.5, 0.6) is 0 Å². The van der Waals surface area contributed by atoms with Gasteiger partial charge in [-0.25, -0.2) is 0 Å². The number of aromatic nitrogens is 1. The zero-order valence-electron chi connectivity index (χ0n) is 8.90. The summed E-state index contributed by atoms with van der Waals surface area (Å²) in [7, 11) is 1.97. The molecular formula is C12H12BrNO2. The zero-order valence-corrected chi connectivity index (χ0v) is 10.5. The van der Waals surface area contributed by atoms with E-state index in [2.05, 4.69) is 15.9 Å². The van der Waals surface area contributed by atoms with Crippen molar-refractivity contribution in [2.24, 2.45) is 7.05 Å². The van der Waals surface area contributed by atoms with E-state index in [0.717, 1.165) is 20.9 Å². The highest BCUT2D eigenvalue weighted by atomic mass is 79.9. The van der Waals surface area contributed by atoms with Crippen LogP contribution >= 0.6 is 15.9 Å². The molecule has 0 unspecified atom stereocenters. The molecule has 84 valence electrons. The number of carboxylic acids is 1. The first-order valence-electron chi connectivity index (χ1n) is 5.04. The van der Waals surface area contributed by atoms with Crippen molar-refractivity contribution in [3.05, 3.63) is 34.4 Å². The molecular weight excluding hydrogens is 270 g/mol. The molecule has 0 radical (unpaired) electrons. The normalized spacial score (nSPS) is 10.9. The van der Waals surface area contributed by atoms with Gasteiger partial charge in [-0.1, -0.05) is 12.1 Å². The number of fused-ring (bicyclic) bond motifs is 1. The summed E-state index contributed by atoms with van der Waals surface area (Å²) in [6, 6.07) is 5.98. The van der Waals surface area contributed by atoms with Gasteiger partial charge in [-0.15, -0.1) is 0 Å². The number of nitrogens with zero attached hydrogens (tertiary/aromatic N) is 1. The van der Waals surface area contributed by atoms with Gasteiger partial charge in [-0.3, -0.25) is 4.79 Å². The standard InChI is InChI=1S/C12H12BrNO2/c1-14-7-8(5-6-11(15)16)9-3-2-4-10(13)12(9)14/h2-4,7H,5-6H2,1H3,(H,15,16). The minimum Gasteiger partial charge on any atom is -0.481 e. The molecule has 1 heterocycles. The lowest BCUT2D eigenvalue weighted by molar-refractivity contribution is -0.136. The Bertz CT molecular complexity index is 545. The van der Waals surface area contributed by atoms with Crippen LogP contribution in [0.4, 0.5) is 0 Å². The van der Waals surface area contributed by atoms with Gasteiger partial charge in [0.25, 0.3) is 0 Å². The number of hydrogen-bond donors (Lipinski definition) is 1. The summed E-state index contributed by atoms with van der Waals surface area (Å²) in [5.41, 5.74) is 2.20. The largest absolute Gasteiger partial charge is 0.481 e. The highest BCUT2D eigenvalue weighted by Crippen LogP contribution is 2.28. The molecule has 0 bridgehead atoms. The zero-order chi connectivity index (χ0) is 11.7. The Hall–Kier alpha value is -1.29. The molecule has 0 fully saturated rings. The van der Waals surface area contributed by atoms with Gasteiger partial charge in [0.2, 0.25) is 0 Å². The number of halogens is 1. The monoisotopic (exact) mass is 281 g/mol. The minimum atomic E-state index is -0.757. The number of carbonyl (C=O) groups is 1. The number of hydrogen-bond acceptors (Lipinski definition) is 1. The van der Waals surface area contributed by atoms with Crippen molar-refractivity contribution in [2.75, 3.05) is 0 Å². The van der Waals surface area contributed by atoms with Crippen molar-refractivity contribution in [1.29, 1.82) is 0 Å². The Labute approximate surface area is 102 Å². The molecule has 2 aromatic rings. The quantitative estimate of drug-likeness (QED) is 0.940. The molecule has 1 aromatic carbocycles. The number of carboxylic acid groups (broad SMARTS) is 1. The van der Waals surface area contributed by atoms with Crippen LogP contribution in [0.3, 0.4) is 0 Å². The lowest BCUT2D eigenvalue weighted by Gasteiger charge is -1.98. The van der Waals surface area contributed by atoms with Gasteiger partial charge in [-0.2, -0.15) is 0 Å². The van der Waals surface area contributed by atoms with Gasteiger partial charge < -0.3 is 9.67 Å². The van der Waals surface area contributed by atoms with E-state index in [1.165, 1.54) is 0 Å². The third kappa shape index (κ3) is 1.97. The number of rotatable bonds is 3. The van der Waals surface area contributed by atoms with Crippen molar-refractivity contribution in [3.63, 3.8) is 0 Å². The van der Waals surface area contributed by atoms with Crippen LogP contribution < -0.4 is 0 Å². The van der Waals surface area contributed by atoms with E-state index in [9.17, 15) is 4.79 Å². The van der Waals surface area contributed by atoms with Crippen molar-refractivity contribution >= 4 is 32.8 Å². The molecule has 1 N–H and O–H groups in total. The van der Waals surface area contributed by atoms with E-state index in [4.69, 9.17) is 5.11 Å². The van der Waals surface area contributed by atoms with Gasteiger partial charge in [0.15, 0.2) is 0 Å². The Balaban J connectivity index is 2.47. The average molecular weight is 282 g/mol. The molecule has 0 atom stereocenters. The van der Waals surface area contributed by atoms with Crippen molar-refractivity contribution in [1.82, 2.24) is 4.57 Å². The predicted octanol–water partition coefficient (Wildman–Crippen LogP) is 2.96. The van der Waals surface area contributed by atoms with Crippen LogP contribution in [0.2, 0.25) is 0 Å². The fourth-order valence-electron chi connectivity index (χ4n) is 1.94. The number of benzene rings is 1. The molecule has 3 nitrogen and oxygen atoms in total. The molecule has 1 aromatic heterocycles. The molecule has 0 saturated heterocycles. The van der Waals surface area contributed by atoms with E-state index in [0.29, 0.717) is 6.42 Å². The first-order chi connectivity index (χ1) is 7.59. The van der Waals surface area contributed by atoms with Crippen LogP contribution in [0.15, 0.2) is 28.9 Å². The van der Waals surface area contributed by atoms with Crippen LogP contribution in [0.1, 0.15) is 12.0 Å². The van der Waals surface area contributed by atoms with E-state index >= 15 is 0 Å². The first kappa shape index (κ1) is 11.2. The third-order valence-electron chi connectivity index (χ3n) is 2.64. The number of aryl methyl sites for hydroxylation is 2. The SMILES string of the molecule is Cn1cc(CCC(=O)O)c2cccc(Br)c21. The maximum Gasteiger partial charge on any atom is 0.303 e. The Morgan fingerprint density at radius 1 is 1.50 bits per heavy atom. The highest BCUT2D eigenvalue weighted by molar-refractivity contribution is 9.10. The average Bonchev–Trinajstić information content (AvgIpc) is 2.54. The fourth-order valence-corrected chi connectivity index (χ4v) is 2.59. The maximum atomic E-state index is 10.6. The molecule has 0 aliphatic carbocycles. The molecule has 0 aliphatic heterocycles. The van der Waals surface area contributed by atoms with E-state index in [1.54, 1.807) is 0 Å². The molecule has 16 heavy (non-hydrogen) atoms. The van der Waals surface area contributed by atoms with Crippen molar-refractivity contribution < 1.29 is 9.90 Å². The smallest absolute Gasteiger partial charge is 0.303 e. The topological polar surface area (TPSA) is 42.2 Å². The Morgan fingerprint density at radius 3 is 2.94 bits per heavy atom. The van der Waals surface area contributed by atoms with Gasteiger partial charge in [-0.05, 0) is 34.0 Å². The molecule has 0 saturated carbocycles. The van der Waals surface area contributed by atoms with Crippen LogP contribution in [-0.4, -0.2) is 15.6 Å². The van der Waals surface area contributed by atoms with Crippen LogP contribution in [0.25, 0.3) is 10.9 Å². The summed E-state index contributed by atoms with van der Waals surface area (Å²) in [6.45, 7) is 0. The van der Waals surface area contributed by atoms with Crippen molar-refractivity contribution in [3.8, 4) is 0 Å². The van der Waals surface area contributed by atoms with Crippen molar-refractivity contribution in [2.45, 2.75) is 12.8 Å². The van der Waals surface area contributed by atoms with Gasteiger partial charge >= 0.3 is 5.97 Å². The third-order valence-corrected chi connectivity index (χ3v) is 3.28. The summed E-state index contributed by atoms with van der Waals surface area (Å²) >= 11 is 3.50. The van der Waals surface area contributed by atoms with Crippen LogP contribution in [0, 0.1) is 0 Å². The fraction of sp³-hybridized carbons (Fsp3) is 0.250. The molecule has 0 aliphatic rings. The second-order valence-electron chi connectivity index (χ2n) is 3.79. The van der Waals surface area contributed by atoms with Crippen LogP contribution in [-0.2, 0) is 18.3 Å². The summed E-state index contributed by atoms with van der Waals surface area (Å²) in [5, 5.41) is 9.82. The molecule has 4 heteroatoms. The lowest BCUT2D eigenvalue weighted by Crippen LogP contribution is -1.96. The summed E-state index contributed by atoms with van der Waals surface area (Å²) < 4.78 is 3.06. The van der Waals surface area contributed by atoms with Gasteiger partial charge in [0, 0.05) is 29.5 Å². The van der Waals surface area contributed by atoms with E-state index in [1.807, 2.05) is 36.0 Å². The van der Waals surface area contributed by atoms with Gasteiger partial charge in [0.05, 0.1) is 5.52 Å². The van der Waals surface area contributed by atoms with E-state index in [-0.39, 0.29) is 6.42 Å². The second-order valence-corrected chi connectivity index (χ2v) is 4.65. The molecule has 0 amide bonds. The Morgan fingerprint density at radius 2 is 2.25 bits per heavy atom. The second kappa shape index (κ2) is 4.29.